The molecule has 3 aliphatic heterocycles. The van der Waals surface area contributed by atoms with Gasteiger partial charge in [0.1, 0.15) is 24.0 Å². The van der Waals surface area contributed by atoms with Gasteiger partial charge >= 0.3 is 0 Å². The molecular formula is C19H28N6O2. The summed E-state index contributed by atoms with van der Waals surface area (Å²) in [7, 11) is 0. The first-order valence-electron chi connectivity index (χ1n) is 10.0. The molecule has 1 spiro atoms. The maximum atomic E-state index is 6.40. The molecule has 3 aliphatic rings. The molecule has 8 heteroatoms. The van der Waals surface area contributed by atoms with Gasteiger partial charge in [-0.2, -0.15) is 0 Å². The van der Waals surface area contributed by atoms with E-state index in [1.165, 1.54) is 19.2 Å². The quantitative estimate of drug-likeness (QED) is 0.835. The van der Waals surface area contributed by atoms with Crippen LogP contribution in [0.4, 0.5) is 5.82 Å². The fraction of sp³-hybridized carbons (Fsp3) is 0.684. The molecule has 3 saturated heterocycles. The number of rotatable bonds is 3. The van der Waals surface area contributed by atoms with Crippen molar-refractivity contribution in [1.29, 1.82) is 0 Å². The average molecular weight is 372 g/mol. The van der Waals surface area contributed by atoms with Crippen LogP contribution >= 0.6 is 0 Å². The molecule has 0 radical (unpaired) electrons. The lowest BCUT2D eigenvalue weighted by atomic mass is 9.88. The van der Waals surface area contributed by atoms with Crippen molar-refractivity contribution in [1.82, 2.24) is 24.8 Å². The van der Waals surface area contributed by atoms with Gasteiger partial charge in [0.15, 0.2) is 0 Å². The van der Waals surface area contributed by atoms with Crippen molar-refractivity contribution in [3.05, 3.63) is 18.6 Å². The Labute approximate surface area is 159 Å². The van der Waals surface area contributed by atoms with E-state index in [9.17, 15) is 0 Å². The van der Waals surface area contributed by atoms with Crippen LogP contribution in [0, 0.1) is 0 Å². The predicted molar refractivity (Wildman–Crippen MR) is 102 cm³/mol. The standard InChI is InChI=1S/C19H28N6O2/c20-17-15-4-8-25(18(15)22-13-21-17)16-3-2-14(27-16)10-24-7-1-5-19(11-24)12-26-9-6-23-19/h4,8,13-14,16,23H,1-3,5-7,9-12H2,(H2,20,21,22)/t14?,16-,19?/m1/s1. The molecule has 0 aromatic carbocycles. The fourth-order valence-corrected chi connectivity index (χ4v) is 4.89. The number of fused-ring (bicyclic) bond motifs is 1. The van der Waals surface area contributed by atoms with Crippen LogP contribution in [-0.2, 0) is 9.47 Å². The minimum absolute atomic E-state index is 0.0247. The lowest BCUT2D eigenvalue weighted by Gasteiger charge is -2.46. The van der Waals surface area contributed by atoms with E-state index in [-0.39, 0.29) is 17.9 Å². The number of likely N-dealkylation sites (tertiary alicyclic amines) is 1. The second-order valence-electron chi connectivity index (χ2n) is 8.11. The van der Waals surface area contributed by atoms with Crippen molar-refractivity contribution in [2.75, 3.05) is 45.1 Å². The van der Waals surface area contributed by atoms with E-state index in [4.69, 9.17) is 15.2 Å². The molecule has 0 bridgehead atoms. The van der Waals surface area contributed by atoms with E-state index in [2.05, 4.69) is 24.8 Å². The number of nitrogens with two attached hydrogens (primary N) is 1. The van der Waals surface area contributed by atoms with Crippen LogP contribution in [-0.4, -0.2) is 70.5 Å². The number of nitrogens with one attached hydrogen (secondary N) is 1. The molecule has 2 aromatic rings. The number of hydrogen-bond donors (Lipinski definition) is 2. The fourth-order valence-electron chi connectivity index (χ4n) is 4.89. The third-order valence-electron chi connectivity index (χ3n) is 6.18. The summed E-state index contributed by atoms with van der Waals surface area (Å²) in [5.41, 5.74) is 6.95. The number of piperidine rings is 1. The Morgan fingerprint density at radius 1 is 1.33 bits per heavy atom. The summed E-state index contributed by atoms with van der Waals surface area (Å²) in [6, 6.07) is 1.98. The van der Waals surface area contributed by atoms with Gasteiger partial charge < -0.3 is 25.1 Å². The van der Waals surface area contributed by atoms with E-state index >= 15 is 0 Å². The minimum Gasteiger partial charge on any atom is -0.383 e. The van der Waals surface area contributed by atoms with Gasteiger partial charge in [-0.15, -0.1) is 0 Å². The minimum atomic E-state index is 0.0247. The van der Waals surface area contributed by atoms with Crippen LogP contribution < -0.4 is 11.1 Å². The Bertz CT molecular complexity index is 797. The Hall–Kier alpha value is -1.74. The SMILES string of the molecule is Nc1ncnc2c1ccn2[C@H]1CCC(CN2CCCC3(COCCN3)C2)O1. The van der Waals surface area contributed by atoms with Crippen molar-refractivity contribution in [3.63, 3.8) is 0 Å². The van der Waals surface area contributed by atoms with E-state index in [1.807, 2.05) is 12.3 Å². The molecule has 3 atom stereocenters. The summed E-state index contributed by atoms with van der Waals surface area (Å²) in [5, 5.41) is 4.60. The molecular weight excluding hydrogens is 344 g/mol. The summed E-state index contributed by atoms with van der Waals surface area (Å²) in [5.74, 6) is 0.522. The van der Waals surface area contributed by atoms with Crippen molar-refractivity contribution in [2.24, 2.45) is 0 Å². The predicted octanol–water partition coefficient (Wildman–Crippen LogP) is 1.15. The second kappa shape index (κ2) is 7.01. The van der Waals surface area contributed by atoms with Crippen LogP contribution in [0.1, 0.15) is 31.9 Å². The largest absolute Gasteiger partial charge is 0.383 e. The summed E-state index contributed by atoms with van der Waals surface area (Å²) in [6.45, 7) is 5.79. The number of ether oxygens (including phenoxy) is 2. The molecule has 5 heterocycles. The lowest BCUT2D eigenvalue weighted by Crippen LogP contribution is -2.63. The maximum absolute atomic E-state index is 6.40. The van der Waals surface area contributed by atoms with Gasteiger partial charge in [-0.25, -0.2) is 9.97 Å². The van der Waals surface area contributed by atoms with Crippen LogP contribution in [0.2, 0.25) is 0 Å². The normalized spacial score (nSPS) is 32.4. The number of aromatic nitrogens is 3. The highest BCUT2D eigenvalue weighted by molar-refractivity contribution is 5.86. The molecule has 146 valence electrons. The summed E-state index contributed by atoms with van der Waals surface area (Å²) >= 11 is 0. The molecule has 0 amide bonds. The number of nitrogen functional groups attached to an aromatic ring is 1. The molecule has 27 heavy (non-hydrogen) atoms. The summed E-state index contributed by atoms with van der Waals surface area (Å²) in [6.07, 6.45) is 8.30. The zero-order chi connectivity index (χ0) is 18.3. The number of morpholine rings is 1. The number of hydrogen-bond acceptors (Lipinski definition) is 7. The van der Waals surface area contributed by atoms with Gasteiger partial charge in [0.2, 0.25) is 0 Å². The zero-order valence-corrected chi connectivity index (χ0v) is 15.6. The Morgan fingerprint density at radius 2 is 2.30 bits per heavy atom. The first kappa shape index (κ1) is 17.4. The topological polar surface area (TPSA) is 90.5 Å². The third kappa shape index (κ3) is 3.31. The van der Waals surface area contributed by atoms with Crippen molar-refractivity contribution in [2.45, 2.75) is 43.6 Å². The van der Waals surface area contributed by atoms with Crippen LogP contribution in [0.25, 0.3) is 11.0 Å². The van der Waals surface area contributed by atoms with Gasteiger partial charge in [0, 0.05) is 25.8 Å². The van der Waals surface area contributed by atoms with Gasteiger partial charge in [0.05, 0.1) is 30.2 Å². The third-order valence-corrected chi connectivity index (χ3v) is 6.18. The highest BCUT2D eigenvalue weighted by Gasteiger charge is 2.38. The Balaban J connectivity index is 1.24. The van der Waals surface area contributed by atoms with Crippen molar-refractivity contribution < 1.29 is 9.47 Å². The van der Waals surface area contributed by atoms with E-state index in [1.54, 1.807) is 0 Å². The zero-order valence-electron chi connectivity index (χ0n) is 15.6. The van der Waals surface area contributed by atoms with Crippen LogP contribution in [0.3, 0.4) is 0 Å². The lowest BCUT2D eigenvalue weighted by molar-refractivity contribution is -0.0407. The van der Waals surface area contributed by atoms with Gasteiger partial charge in [-0.05, 0) is 38.3 Å². The number of anilines is 1. The van der Waals surface area contributed by atoms with Crippen LogP contribution in [0.15, 0.2) is 18.6 Å². The van der Waals surface area contributed by atoms with E-state index in [0.29, 0.717) is 5.82 Å². The van der Waals surface area contributed by atoms with Gasteiger partial charge in [-0.1, -0.05) is 0 Å². The Kier molecular flexibility index (Phi) is 4.51. The summed E-state index contributed by atoms with van der Waals surface area (Å²) < 4.78 is 14.3. The molecule has 0 aliphatic carbocycles. The molecule has 5 rings (SSSR count). The molecule has 8 nitrogen and oxygen atoms in total. The van der Waals surface area contributed by atoms with Crippen LogP contribution in [0.5, 0.6) is 0 Å². The average Bonchev–Trinajstić information content (AvgIpc) is 3.30. The number of nitrogens with zero attached hydrogens (tertiary/aromatic N) is 4. The van der Waals surface area contributed by atoms with E-state index in [0.717, 1.165) is 63.3 Å². The molecule has 0 saturated carbocycles. The highest BCUT2D eigenvalue weighted by Crippen LogP contribution is 2.33. The first-order valence-corrected chi connectivity index (χ1v) is 10.0. The van der Waals surface area contributed by atoms with Crippen molar-refractivity contribution >= 4 is 16.9 Å². The molecule has 3 fully saturated rings. The highest BCUT2D eigenvalue weighted by atomic mass is 16.5. The Morgan fingerprint density at radius 3 is 3.19 bits per heavy atom. The monoisotopic (exact) mass is 372 g/mol. The first-order chi connectivity index (χ1) is 13.2. The summed E-state index contributed by atoms with van der Waals surface area (Å²) in [4.78, 5) is 11.0. The van der Waals surface area contributed by atoms with E-state index < -0.39 is 0 Å². The second-order valence-corrected chi connectivity index (χ2v) is 8.11. The van der Waals surface area contributed by atoms with Crippen molar-refractivity contribution in [3.8, 4) is 0 Å². The molecule has 3 N–H and O–H groups in total. The maximum Gasteiger partial charge on any atom is 0.147 e. The van der Waals surface area contributed by atoms with Gasteiger partial charge in [-0.3, -0.25) is 4.90 Å². The molecule has 2 aromatic heterocycles. The smallest absolute Gasteiger partial charge is 0.147 e. The van der Waals surface area contributed by atoms with Gasteiger partial charge in [0.25, 0.3) is 0 Å². The molecule has 2 unspecified atom stereocenters.